The van der Waals surface area contributed by atoms with Crippen molar-refractivity contribution in [3.63, 3.8) is 0 Å². The fourth-order valence-corrected chi connectivity index (χ4v) is 3.19. The lowest BCUT2D eigenvalue weighted by molar-refractivity contribution is 0.0159. The Morgan fingerprint density at radius 3 is 2.61 bits per heavy atom. The second kappa shape index (κ2) is 8.50. The van der Waals surface area contributed by atoms with E-state index in [1.807, 2.05) is 70.2 Å². The van der Waals surface area contributed by atoms with Gasteiger partial charge in [0.2, 0.25) is 5.88 Å². The summed E-state index contributed by atoms with van der Waals surface area (Å²) in [6.07, 6.45) is 1.52. The average Bonchev–Trinajstić information content (AvgIpc) is 2.66. The van der Waals surface area contributed by atoms with Crippen molar-refractivity contribution in [2.45, 2.75) is 45.9 Å². The van der Waals surface area contributed by atoms with Crippen LogP contribution in [0, 0.1) is 0 Å². The van der Waals surface area contributed by atoms with Crippen LogP contribution in [0.4, 0.5) is 10.5 Å². The van der Waals surface area contributed by atoms with Crippen molar-refractivity contribution < 1.29 is 14.3 Å². The quantitative estimate of drug-likeness (QED) is 0.795. The molecule has 3 rings (SSSR count). The predicted molar refractivity (Wildman–Crippen MR) is 110 cm³/mol. The molecule has 0 saturated carbocycles. The number of piperazine rings is 1. The molecule has 1 atom stereocenters. The van der Waals surface area contributed by atoms with Crippen LogP contribution in [-0.2, 0) is 11.3 Å². The van der Waals surface area contributed by atoms with E-state index in [2.05, 4.69) is 9.88 Å². The van der Waals surface area contributed by atoms with Crippen molar-refractivity contribution in [2.24, 2.45) is 0 Å². The number of nitrogens with zero attached hydrogens (tertiary/aromatic N) is 3. The minimum absolute atomic E-state index is 0.0606. The topological polar surface area (TPSA) is 54.9 Å². The summed E-state index contributed by atoms with van der Waals surface area (Å²) in [5, 5.41) is 0. The van der Waals surface area contributed by atoms with Gasteiger partial charge in [-0.2, -0.15) is 0 Å². The van der Waals surface area contributed by atoms with E-state index in [-0.39, 0.29) is 12.1 Å². The number of carbonyl (C=O) groups excluding carboxylic acids is 1. The van der Waals surface area contributed by atoms with Gasteiger partial charge < -0.3 is 19.3 Å². The molecule has 6 nitrogen and oxygen atoms in total. The lowest BCUT2D eigenvalue weighted by Gasteiger charge is -2.41. The van der Waals surface area contributed by atoms with Gasteiger partial charge in [0.05, 0.1) is 0 Å². The molecule has 6 heteroatoms. The highest BCUT2D eigenvalue weighted by Gasteiger charge is 2.31. The fraction of sp³-hybridized carbons (Fsp3) is 0.455. The Morgan fingerprint density at radius 2 is 1.93 bits per heavy atom. The third kappa shape index (κ3) is 5.38. The van der Waals surface area contributed by atoms with Gasteiger partial charge in [0, 0.05) is 43.6 Å². The molecule has 1 aliphatic rings. The molecule has 1 aromatic heterocycles. The summed E-state index contributed by atoms with van der Waals surface area (Å²) in [5.74, 6) is 0.601. The standard InChI is InChI=1S/C22H29N3O3/c1-17-15-24(12-13-25(17)21(26)28-22(2,3)4)19-10-11-23-20(14-19)27-16-18-8-6-5-7-9-18/h5-11,14,17H,12-13,15-16H2,1-4H3. The number of hydrogen-bond acceptors (Lipinski definition) is 5. The number of anilines is 1. The first-order chi connectivity index (χ1) is 13.3. The Hall–Kier alpha value is -2.76. The highest BCUT2D eigenvalue weighted by atomic mass is 16.6. The van der Waals surface area contributed by atoms with Crippen molar-refractivity contribution in [1.29, 1.82) is 0 Å². The molecule has 28 heavy (non-hydrogen) atoms. The molecule has 1 unspecified atom stereocenters. The molecular formula is C22H29N3O3. The summed E-state index contributed by atoms with van der Waals surface area (Å²) in [5.41, 5.74) is 1.67. The third-order valence-corrected chi connectivity index (χ3v) is 4.57. The van der Waals surface area contributed by atoms with Gasteiger partial charge in [-0.15, -0.1) is 0 Å². The highest BCUT2D eigenvalue weighted by molar-refractivity contribution is 5.69. The van der Waals surface area contributed by atoms with Crippen LogP contribution in [0.1, 0.15) is 33.3 Å². The first kappa shape index (κ1) is 20.0. The number of aromatic nitrogens is 1. The van der Waals surface area contributed by atoms with Gasteiger partial charge in [-0.3, -0.25) is 0 Å². The first-order valence-corrected chi connectivity index (χ1v) is 9.69. The molecule has 0 N–H and O–H groups in total. The molecule has 1 fully saturated rings. The summed E-state index contributed by atoms with van der Waals surface area (Å²) in [6, 6.07) is 14.0. The smallest absolute Gasteiger partial charge is 0.410 e. The number of hydrogen-bond donors (Lipinski definition) is 0. The average molecular weight is 383 g/mol. The van der Waals surface area contributed by atoms with Crippen molar-refractivity contribution in [3.8, 4) is 5.88 Å². The van der Waals surface area contributed by atoms with Crippen molar-refractivity contribution in [3.05, 3.63) is 54.2 Å². The van der Waals surface area contributed by atoms with Gasteiger partial charge in [-0.1, -0.05) is 30.3 Å². The molecule has 1 aliphatic heterocycles. The van der Waals surface area contributed by atoms with Gasteiger partial charge in [-0.05, 0) is 39.3 Å². The Balaban J connectivity index is 1.60. The third-order valence-electron chi connectivity index (χ3n) is 4.57. The number of amides is 1. The monoisotopic (exact) mass is 383 g/mol. The zero-order valence-corrected chi connectivity index (χ0v) is 17.1. The summed E-state index contributed by atoms with van der Waals surface area (Å²) in [7, 11) is 0. The minimum Gasteiger partial charge on any atom is -0.473 e. The van der Waals surface area contributed by atoms with Crippen LogP contribution >= 0.6 is 0 Å². The molecule has 0 aliphatic carbocycles. The van der Waals surface area contributed by atoms with E-state index < -0.39 is 5.60 Å². The molecule has 1 saturated heterocycles. The van der Waals surface area contributed by atoms with Crippen LogP contribution < -0.4 is 9.64 Å². The van der Waals surface area contributed by atoms with Crippen molar-refractivity contribution >= 4 is 11.8 Å². The zero-order chi connectivity index (χ0) is 20.1. The molecule has 150 valence electrons. The minimum atomic E-state index is -0.482. The van der Waals surface area contributed by atoms with Crippen molar-refractivity contribution in [1.82, 2.24) is 9.88 Å². The summed E-state index contributed by atoms with van der Waals surface area (Å²) >= 11 is 0. The van der Waals surface area contributed by atoms with Crippen LogP contribution in [0.15, 0.2) is 48.7 Å². The van der Waals surface area contributed by atoms with E-state index in [1.165, 1.54) is 0 Å². The van der Waals surface area contributed by atoms with Crippen LogP contribution in [0.2, 0.25) is 0 Å². The maximum atomic E-state index is 12.4. The van der Waals surface area contributed by atoms with Gasteiger partial charge >= 0.3 is 6.09 Å². The van der Waals surface area contributed by atoms with E-state index >= 15 is 0 Å². The molecule has 0 radical (unpaired) electrons. The largest absolute Gasteiger partial charge is 0.473 e. The van der Waals surface area contributed by atoms with E-state index in [4.69, 9.17) is 9.47 Å². The molecule has 2 aromatic rings. The normalized spacial score (nSPS) is 17.4. The van der Waals surface area contributed by atoms with Crippen LogP contribution in [-0.4, -0.2) is 47.3 Å². The molecule has 2 heterocycles. The Kier molecular flexibility index (Phi) is 6.07. The molecule has 1 aromatic carbocycles. The molecule has 1 amide bonds. The Bertz CT molecular complexity index is 789. The highest BCUT2D eigenvalue weighted by Crippen LogP contribution is 2.23. The number of ether oxygens (including phenoxy) is 2. The van der Waals surface area contributed by atoms with Crippen LogP contribution in [0.3, 0.4) is 0 Å². The van der Waals surface area contributed by atoms with E-state index in [0.29, 0.717) is 19.0 Å². The number of rotatable bonds is 4. The van der Waals surface area contributed by atoms with Gasteiger partial charge in [0.25, 0.3) is 0 Å². The second-order valence-electron chi connectivity index (χ2n) is 8.10. The number of pyridine rings is 1. The van der Waals surface area contributed by atoms with Crippen LogP contribution in [0.5, 0.6) is 5.88 Å². The lowest BCUT2D eigenvalue weighted by atomic mass is 10.1. The second-order valence-corrected chi connectivity index (χ2v) is 8.10. The zero-order valence-electron chi connectivity index (χ0n) is 17.1. The van der Waals surface area contributed by atoms with Crippen molar-refractivity contribution in [2.75, 3.05) is 24.5 Å². The predicted octanol–water partition coefficient (Wildman–Crippen LogP) is 4.11. The number of benzene rings is 1. The first-order valence-electron chi connectivity index (χ1n) is 9.69. The van der Waals surface area contributed by atoms with Crippen LogP contribution in [0.25, 0.3) is 0 Å². The molecule has 0 spiro atoms. The fourth-order valence-electron chi connectivity index (χ4n) is 3.19. The summed E-state index contributed by atoms with van der Waals surface area (Å²) in [4.78, 5) is 20.8. The van der Waals surface area contributed by atoms with Gasteiger partial charge in [-0.25, -0.2) is 9.78 Å². The molecular weight excluding hydrogens is 354 g/mol. The Labute approximate surface area is 167 Å². The summed E-state index contributed by atoms with van der Waals surface area (Å²) < 4.78 is 11.4. The number of carbonyl (C=O) groups is 1. The van der Waals surface area contributed by atoms with Gasteiger partial charge in [0.15, 0.2) is 0 Å². The van der Waals surface area contributed by atoms with E-state index in [0.717, 1.165) is 24.3 Å². The van der Waals surface area contributed by atoms with E-state index in [1.54, 1.807) is 11.1 Å². The van der Waals surface area contributed by atoms with Gasteiger partial charge in [0.1, 0.15) is 12.2 Å². The maximum Gasteiger partial charge on any atom is 0.410 e. The molecule has 0 bridgehead atoms. The van der Waals surface area contributed by atoms with E-state index in [9.17, 15) is 4.79 Å². The lowest BCUT2D eigenvalue weighted by Crippen LogP contribution is -2.55. The maximum absolute atomic E-state index is 12.4. The Morgan fingerprint density at radius 1 is 1.18 bits per heavy atom. The summed E-state index contributed by atoms with van der Waals surface area (Å²) in [6.45, 7) is 10.3. The SMILES string of the molecule is CC1CN(c2ccnc(OCc3ccccc3)c2)CCN1C(=O)OC(C)(C)C.